The Labute approximate surface area is 125 Å². The second-order valence-corrected chi connectivity index (χ2v) is 5.76. The Morgan fingerprint density at radius 1 is 1.36 bits per heavy atom. The van der Waals surface area contributed by atoms with Crippen molar-refractivity contribution in [1.29, 1.82) is 0 Å². The van der Waals surface area contributed by atoms with Crippen molar-refractivity contribution >= 4 is 17.7 Å². The van der Waals surface area contributed by atoms with Crippen molar-refractivity contribution in [3.63, 3.8) is 0 Å². The first-order valence-electron chi connectivity index (χ1n) is 6.44. The van der Waals surface area contributed by atoms with Gasteiger partial charge in [-0.3, -0.25) is 4.90 Å². The van der Waals surface area contributed by atoms with Gasteiger partial charge in [-0.05, 0) is 32.9 Å². The molecule has 1 aromatic carbocycles. The van der Waals surface area contributed by atoms with Crippen LogP contribution in [0.5, 0.6) is 5.75 Å². The van der Waals surface area contributed by atoms with Crippen LogP contribution >= 0.6 is 0 Å². The van der Waals surface area contributed by atoms with Crippen LogP contribution in [-0.2, 0) is 4.74 Å². The number of ether oxygens (including phenoxy) is 2. The number of hydrogen-bond donors (Lipinski definition) is 1. The molecule has 0 bridgehead atoms. The number of benzene rings is 1. The zero-order chi connectivity index (χ0) is 16.7. The Balaban J connectivity index is 2.49. The molecule has 1 aliphatic rings. The fourth-order valence-corrected chi connectivity index (χ4v) is 1.94. The summed E-state index contributed by atoms with van der Waals surface area (Å²) in [6, 6.07) is 3.78. The summed E-state index contributed by atoms with van der Waals surface area (Å²) in [6.45, 7) is 3.73. The molecule has 6 nitrogen and oxygen atoms in total. The quantitative estimate of drug-likeness (QED) is 0.861. The Bertz CT molecular complexity index is 624. The van der Waals surface area contributed by atoms with Crippen LogP contribution < -0.4 is 9.64 Å². The maximum atomic E-state index is 13.7. The average Bonchev–Trinajstić information content (AvgIpc) is 2.33. The highest BCUT2D eigenvalue weighted by Gasteiger charge is 2.45. The molecule has 0 aromatic heterocycles. The monoisotopic (exact) mass is 315 g/mol. The number of alkyl halides is 2. The molecule has 1 aliphatic heterocycles. The van der Waals surface area contributed by atoms with Crippen molar-refractivity contribution < 1.29 is 33.0 Å². The minimum atomic E-state index is -3.71. The maximum Gasteiger partial charge on any atom is 0.416 e. The standard InChI is InChI=1S/C14H15F2NO5/c1-13(2,3)22-12(20)17-7-14(15,16)21-10-8(11(18)19)5-4-6-9(10)17/h4-6H,7H2,1-3H3,(H,18,19). The number of carboxylic acid groups (broad SMARTS) is 1. The zero-order valence-corrected chi connectivity index (χ0v) is 12.2. The predicted molar refractivity (Wildman–Crippen MR) is 72.6 cm³/mol. The fraction of sp³-hybridized carbons (Fsp3) is 0.429. The van der Waals surface area contributed by atoms with Gasteiger partial charge in [0.2, 0.25) is 0 Å². The lowest BCUT2D eigenvalue weighted by Crippen LogP contribution is -2.49. The predicted octanol–water partition coefficient (Wildman–Crippen LogP) is 3.11. The van der Waals surface area contributed by atoms with Crippen LogP contribution in [0, 0.1) is 0 Å². The molecule has 0 fully saturated rings. The van der Waals surface area contributed by atoms with Crippen molar-refractivity contribution in [2.45, 2.75) is 32.5 Å². The SMILES string of the molecule is CC(C)(C)OC(=O)N1CC(F)(F)Oc2c(C(=O)O)cccc21. The van der Waals surface area contributed by atoms with E-state index in [1.54, 1.807) is 20.8 Å². The number of carbonyl (C=O) groups excluding carboxylic acids is 1. The van der Waals surface area contributed by atoms with Gasteiger partial charge < -0.3 is 14.6 Å². The number of amides is 1. The summed E-state index contributed by atoms with van der Waals surface area (Å²) < 4.78 is 36.9. The molecule has 1 N–H and O–H groups in total. The summed E-state index contributed by atoms with van der Waals surface area (Å²) in [5.41, 5.74) is -1.40. The molecular formula is C14H15F2NO5. The van der Waals surface area contributed by atoms with Crippen molar-refractivity contribution in [3.8, 4) is 5.75 Å². The Morgan fingerprint density at radius 3 is 2.55 bits per heavy atom. The molecule has 0 radical (unpaired) electrons. The Morgan fingerprint density at radius 2 is 2.00 bits per heavy atom. The summed E-state index contributed by atoms with van der Waals surface area (Å²) in [5, 5.41) is 9.06. The molecule has 1 heterocycles. The second kappa shape index (κ2) is 5.11. The minimum absolute atomic E-state index is 0.0694. The van der Waals surface area contributed by atoms with Crippen LogP contribution in [0.2, 0.25) is 0 Å². The lowest BCUT2D eigenvalue weighted by Gasteiger charge is -2.35. The first-order valence-corrected chi connectivity index (χ1v) is 6.44. The third-order valence-corrected chi connectivity index (χ3v) is 2.72. The molecule has 0 aliphatic carbocycles. The van der Waals surface area contributed by atoms with Crippen LogP contribution in [0.3, 0.4) is 0 Å². The number of anilines is 1. The first kappa shape index (κ1) is 16.0. The van der Waals surface area contributed by atoms with Gasteiger partial charge in [0, 0.05) is 0 Å². The summed E-state index contributed by atoms with van der Waals surface area (Å²) in [5.74, 6) is -1.99. The van der Waals surface area contributed by atoms with Crippen molar-refractivity contribution in [1.82, 2.24) is 0 Å². The number of halogens is 2. The molecule has 1 aromatic rings. The van der Waals surface area contributed by atoms with Gasteiger partial charge in [-0.25, -0.2) is 9.59 Å². The van der Waals surface area contributed by atoms with Gasteiger partial charge in [0.05, 0.1) is 5.69 Å². The Hall–Kier alpha value is -2.38. The zero-order valence-electron chi connectivity index (χ0n) is 12.2. The van der Waals surface area contributed by atoms with E-state index in [2.05, 4.69) is 4.74 Å². The fourth-order valence-electron chi connectivity index (χ4n) is 1.94. The topological polar surface area (TPSA) is 76.1 Å². The van der Waals surface area contributed by atoms with Crippen molar-refractivity contribution in [2.24, 2.45) is 0 Å². The molecular weight excluding hydrogens is 300 g/mol. The number of fused-ring (bicyclic) bond motifs is 1. The molecule has 22 heavy (non-hydrogen) atoms. The maximum absolute atomic E-state index is 13.7. The van der Waals surface area contributed by atoms with E-state index in [1.807, 2.05) is 0 Å². The molecule has 8 heteroatoms. The lowest BCUT2D eigenvalue weighted by atomic mass is 10.1. The molecule has 0 spiro atoms. The molecule has 1 amide bonds. The molecule has 120 valence electrons. The number of aromatic carboxylic acids is 1. The van der Waals surface area contributed by atoms with Crippen LogP contribution in [-0.4, -0.2) is 35.4 Å². The van der Waals surface area contributed by atoms with Gasteiger partial charge in [0.25, 0.3) is 0 Å². The van der Waals surface area contributed by atoms with Crippen LogP contribution in [0.1, 0.15) is 31.1 Å². The van der Waals surface area contributed by atoms with Crippen molar-refractivity contribution in [2.75, 3.05) is 11.4 Å². The van der Waals surface area contributed by atoms with E-state index in [-0.39, 0.29) is 5.69 Å². The van der Waals surface area contributed by atoms with Gasteiger partial charge >= 0.3 is 18.2 Å². The third-order valence-electron chi connectivity index (χ3n) is 2.72. The summed E-state index contributed by atoms with van der Waals surface area (Å²) in [6.07, 6.45) is -4.71. The van der Waals surface area contributed by atoms with E-state index in [0.29, 0.717) is 4.90 Å². The van der Waals surface area contributed by atoms with Crippen LogP contribution in [0.15, 0.2) is 18.2 Å². The summed E-state index contributed by atoms with van der Waals surface area (Å²) in [4.78, 5) is 23.9. The normalized spacial score (nSPS) is 16.5. The third kappa shape index (κ3) is 3.26. The van der Waals surface area contributed by atoms with Gasteiger partial charge in [0.15, 0.2) is 5.75 Å². The van der Waals surface area contributed by atoms with E-state index in [4.69, 9.17) is 9.84 Å². The number of hydrogen-bond acceptors (Lipinski definition) is 4. The summed E-state index contributed by atoms with van der Waals surface area (Å²) >= 11 is 0. The largest absolute Gasteiger partial charge is 0.478 e. The van der Waals surface area contributed by atoms with E-state index >= 15 is 0 Å². The van der Waals surface area contributed by atoms with Crippen LogP contribution in [0.25, 0.3) is 0 Å². The molecule has 2 rings (SSSR count). The lowest BCUT2D eigenvalue weighted by molar-refractivity contribution is -0.171. The van der Waals surface area contributed by atoms with E-state index in [0.717, 1.165) is 6.07 Å². The van der Waals surface area contributed by atoms with Gasteiger partial charge in [-0.2, -0.15) is 8.78 Å². The average molecular weight is 315 g/mol. The highest BCUT2D eigenvalue weighted by atomic mass is 19.3. The number of para-hydroxylation sites is 1. The Kier molecular flexibility index (Phi) is 3.72. The number of nitrogens with zero attached hydrogens (tertiary/aromatic N) is 1. The van der Waals surface area contributed by atoms with Gasteiger partial charge in [-0.1, -0.05) is 6.07 Å². The van der Waals surface area contributed by atoms with Crippen LogP contribution in [0.4, 0.5) is 19.3 Å². The number of carbonyl (C=O) groups is 2. The van der Waals surface area contributed by atoms with Crippen molar-refractivity contribution in [3.05, 3.63) is 23.8 Å². The number of carboxylic acids is 1. The van der Waals surface area contributed by atoms with Gasteiger partial charge in [0.1, 0.15) is 17.7 Å². The highest BCUT2D eigenvalue weighted by Crippen LogP contribution is 2.41. The molecule has 0 saturated carbocycles. The second-order valence-electron chi connectivity index (χ2n) is 5.76. The molecule has 0 atom stereocenters. The minimum Gasteiger partial charge on any atom is -0.478 e. The van der Waals surface area contributed by atoms with E-state index in [9.17, 15) is 18.4 Å². The van der Waals surface area contributed by atoms with Gasteiger partial charge in [-0.15, -0.1) is 0 Å². The first-order chi connectivity index (χ1) is 10.0. The molecule has 0 unspecified atom stereocenters. The van der Waals surface area contributed by atoms with E-state index < -0.39 is 41.6 Å². The van der Waals surface area contributed by atoms with E-state index in [1.165, 1.54) is 12.1 Å². The molecule has 0 saturated heterocycles. The highest BCUT2D eigenvalue weighted by molar-refractivity contribution is 5.98. The smallest absolute Gasteiger partial charge is 0.416 e. The summed E-state index contributed by atoms with van der Waals surface area (Å²) in [7, 11) is 0. The number of rotatable bonds is 1.